The van der Waals surface area contributed by atoms with E-state index in [1.165, 1.54) is 12.1 Å². The Morgan fingerprint density at radius 1 is 1.20 bits per heavy atom. The van der Waals surface area contributed by atoms with Crippen LogP contribution in [0.15, 0.2) is 36.4 Å². The molecule has 0 bridgehead atoms. The van der Waals surface area contributed by atoms with Crippen LogP contribution in [0.3, 0.4) is 0 Å². The summed E-state index contributed by atoms with van der Waals surface area (Å²) < 4.78 is 25.4. The van der Waals surface area contributed by atoms with Crippen molar-refractivity contribution in [1.82, 2.24) is 4.90 Å². The minimum atomic E-state index is -0.554. The minimum Gasteiger partial charge on any atom is -0.493 e. The molecular weight excluding hydrogens is 387 g/mol. The Balaban J connectivity index is 1.56. The molecule has 1 aliphatic heterocycles. The standard InChI is InChI=1S/C23H25FN2O4/c1-29-20-8-3-7-16-14-26(9-4-10-30-21(16)20)23(28)17-11-18(24)13-19(12-17)25-22(27)15-5-2-6-15/h3,7-8,11-13,15H,2,4-6,9-10,14H2,1H3,(H,25,27). The van der Waals surface area contributed by atoms with Gasteiger partial charge in [-0.2, -0.15) is 0 Å². The highest BCUT2D eigenvalue weighted by atomic mass is 19.1. The second-order valence-corrected chi connectivity index (χ2v) is 7.72. The van der Waals surface area contributed by atoms with Gasteiger partial charge in [0.05, 0.1) is 13.7 Å². The molecule has 0 radical (unpaired) electrons. The molecule has 1 fully saturated rings. The van der Waals surface area contributed by atoms with Crippen molar-refractivity contribution in [2.24, 2.45) is 5.92 Å². The van der Waals surface area contributed by atoms with E-state index in [9.17, 15) is 14.0 Å². The first kappa shape index (κ1) is 20.2. The van der Waals surface area contributed by atoms with E-state index >= 15 is 0 Å². The van der Waals surface area contributed by atoms with Crippen LogP contribution in [0, 0.1) is 11.7 Å². The predicted molar refractivity (Wildman–Crippen MR) is 110 cm³/mol. The van der Waals surface area contributed by atoms with Crippen LogP contribution in [0.25, 0.3) is 0 Å². The average Bonchev–Trinajstić information content (AvgIpc) is 2.65. The van der Waals surface area contributed by atoms with Gasteiger partial charge in [0.15, 0.2) is 11.5 Å². The molecule has 0 aromatic heterocycles. The lowest BCUT2D eigenvalue weighted by atomic mass is 9.85. The van der Waals surface area contributed by atoms with Gasteiger partial charge < -0.3 is 19.7 Å². The topological polar surface area (TPSA) is 67.9 Å². The molecule has 30 heavy (non-hydrogen) atoms. The average molecular weight is 412 g/mol. The zero-order valence-corrected chi connectivity index (χ0v) is 16.9. The summed E-state index contributed by atoms with van der Waals surface area (Å²) in [7, 11) is 1.58. The van der Waals surface area contributed by atoms with E-state index in [0.717, 1.165) is 24.8 Å². The van der Waals surface area contributed by atoms with E-state index in [2.05, 4.69) is 5.32 Å². The fourth-order valence-electron chi connectivity index (χ4n) is 3.78. The fraction of sp³-hybridized carbons (Fsp3) is 0.391. The lowest BCUT2D eigenvalue weighted by molar-refractivity contribution is -0.122. The fourth-order valence-corrected chi connectivity index (χ4v) is 3.78. The highest BCUT2D eigenvalue weighted by Crippen LogP contribution is 2.33. The van der Waals surface area contributed by atoms with Crippen LogP contribution in [0.5, 0.6) is 11.5 Å². The zero-order chi connectivity index (χ0) is 21.1. The number of rotatable bonds is 4. The molecule has 2 aromatic carbocycles. The monoisotopic (exact) mass is 412 g/mol. The van der Waals surface area contributed by atoms with Gasteiger partial charge in [0.1, 0.15) is 5.82 Å². The van der Waals surface area contributed by atoms with Crippen LogP contribution in [0.4, 0.5) is 10.1 Å². The van der Waals surface area contributed by atoms with Crippen molar-refractivity contribution in [3.8, 4) is 11.5 Å². The van der Waals surface area contributed by atoms with Crippen molar-refractivity contribution in [2.45, 2.75) is 32.2 Å². The van der Waals surface area contributed by atoms with Gasteiger partial charge in [-0.15, -0.1) is 0 Å². The molecule has 2 aromatic rings. The molecule has 158 valence electrons. The Hall–Kier alpha value is -3.09. The summed E-state index contributed by atoms with van der Waals surface area (Å²) in [6.07, 6.45) is 3.39. The van der Waals surface area contributed by atoms with Crippen LogP contribution in [-0.2, 0) is 11.3 Å². The summed E-state index contributed by atoms with van der Waals surface area (Å²) in [5.74, 6) is 0.271. The number of para-hydroxylation sites is 1. The molecule has 2 aliphatic rings. The third kappa shape index (κ3) is 4.25. The summed E-state index contributed by atoms with van der Waals surface area (Å²) in [5, 5.41) is 2.75. The van der Waals surface area contributed by atoms with E-state index in [4.69, 9.17) is 9.47 Å². The molecule has 0 unspecified atom stereocenters. The van der Waals surface area contributed by atoms with E-state index in [1.807, 2.05) is 18.2 Å². The number of carbonyl (C=O) groups is 2. The summed E-state index contributed by atoms with van der Waals surface area (Å²) in [6.45, 7) is 1.25. The van der Waals surface area contributed by atoms with Crippen molar-refractivity contribution < 1.29 is 23.5 Å². The van der Waals surface area contributed by atoms with E-state index in [-0.39, 0.29) is 23.3 Å². The van der Waals surface area contributed by atoms with Crippen LogP contribution in [0.1, 0.15) is 41.6 Å². The number of hydrogen-bond donors (Lipinski definition) is 1. The molecule has 0 atom stereocenters. The van der Waals surface area contributed by atoms with Gasteiger partial charge in [-0.1, -0.05) is 18.6 Å². The van der Waals surface area contributed by atoms with Crippen molar-refractivity contribution in [3.05, 3.63) is 53.3 Å². The minimum absolute atomic E-state index is 0.0201. The Morgan fingerprint density at radius 2 is 2.03 bits per heavy atom. The van der Waals surface area contributed by atoms with Crippen LogP contribution in [0.2, 0.25) is 0 Å². The number of benzene rings is 2. The maximum atomic E-state index is 14.2. The number of nitrogens with zero attached hydrogens (tertiary/aromatic N) is 1. The smallest absolute Gasteiger partial charge is 0.254 e. The van der Waals surface area contributed by atoms with Gasteiger partial charge in [-0.05, 0) is 43.5 Å². The first-order valence-corrected chi connectivity index (χ1v) is 10.2. The summed E-state index contributed by atoms with van der Waals surface area (Å²) in [6, 6.07) is 9.55. The maximum Gasteiger partial charge on any atom is 0.254 e. The number of methoxy groups -OCH3 is 1. The lowest BCUT2D eigenvalue weighted by Crippen LogP contribution is -2.34. The molecule has 6 nitrogen and oxygen atoms in total. The second-order valence-electron chi connectivity index (χ2n) is 7.72. The Kier molecular flexibility index (Phi) is 5.88. The molecule has 0 saturated heterocycles. The highest BCUT2D eigenvalue weighted by Gasteiger charge is 2.26. The molecule has 1 aliphatic carbocycles. The van der Waals surface area contributed by atoms with Crippen molar-refractivity contribution in [3.63, 3.8) is 0 Å². The number of anilines is 1. The molecule has 0 spiro atoms. The molecule has 1 N–H and O–H groups in total. The number of amides is 2. The molecule has 1 saturated carbocycles. The number of nitrogens with one attached hydrogen (secondary N) is 1. The van der Waals surface area contributed by atoms with Crippen molar-refractivity contribution in [1.29, 1.82) is 0 Å². The van der Waals surface area contributed by atoms with Crippen molar-refractivity contribution in [2.75, 3.05) is 25.6 Å². The third-order valence-electron chi connectivity index (χ3n) is 5.64. The summed E-state index contributed by atoms with van der Waals surface area (Å²) >= 11 is 0. The maximum absolute atomic E-state index is 14.2. The summed E-state index contributed by atoms with van der Waals surface area (Å²) in [4.78, 5) is 27.1. The van der Waals surface area contributed by atoms with Gasteiger partial charge in [-0.25, -0.2) is 4.39 Å². The SMILES string of the molecule is COc1cccc2c1OCCCN(C(=O)c1cc(F)cc(NC(=O)C3CCC3)c1)C2. The Labute approximate surface area is 175 Å². The third-order valence-corrected chi connectivity index (χ3v) is 5.64. The number of hydrogen-bond acceptors (Lipinski definition) is 4. The van der Waals surface area contributed by atoms with Gasteiger partial charge >= 0.3 is 0 Å². The highest BCUT2D eigenvalue weighted by molar-refractivity contribution is 5.98. The first-order valence-electron chi connectivity index (χ1n) is 10.2. The molecule has 1 heterocycles. The van der Waals surface area contributed by atoms with E-state index in [1.54, 1.807) is 18.1 Å². The van der Waals surface area contributed by atoms with E-state index in [0.29, 0.717) is 43.3 Å². The lowest BCUT2D eigenvalue weighted by Gasteiger charge is -2.27. The normalized spacial score (nSPS) is 16.4. The predicted octanol–water partition coefficient (Wildman–Crippen LogP) is 4.00. The van der Waals surface area contributed by atoms with Gasteiger partial charge in [0.2, 0.25) is 5.91 Å². The largest absolute Gasteiger partial charge is 0.493 e. The quantitative estimate of drug-likeness (QED) is 0.824. The first-order chi connectivity index (χ1) is 14.5. The second kappa shape index (κ2) is 8.73. The number of ether oxygens (including phenoxy) is 2. The number of halogens is 1. The Morgan fingerprint density at radius 3 is 2.77 bits per heavy atom. The van der Waals surface area contributed by atoms with Gasteiger partial charge in [0.25, 0.3) is 5.91 Å². The Bertz CT molecular complexity index is 958. The molecule has 7 heteroatoms. The number of fused-ring (bicyclic) bond motifs is 1. The summed E-state index contributed by atoms with van der Waals surface area (Å²) in [5.41, 5.74) is 1.36. The van der Waals surface area contributed by atoms with E-state index < -0.39 is 5.82 Å². The van der Waals surface area contributed by atoms with Crippen molar-refractivity contribution >= 4 is 17.5 Å². The van der Waals surface area contributed by atoms with Crippen LogP contribution in [-0.4, -0.2) is 37.0 Å². The number of carbonyl (C=O) groups excluding carboxylic acids is 2. The van der Waals surface area contributed by atoms with Gasteiger partial charge in [-0.3, -0.25) is 9.59 Å². The van der Waals surface area contributed by atoms with Crippen LogP contribution >= 0.6 is 0 Å². The van der Waals surface area contributed by atoms with Gasteiger partial charge in [0, 0.05) is 35.8 Å². The zero-order valence-electron chi connectivity index (χ0n) is 16.9. The molecule has 2 amide bonds. The van der Waals surface area contributed by atoms with Crippen LogP contribution < -0.4 is 14.8 Å². The molecular formula is C23H25FN2O4. The molecule has 4 rings (SSSR count).